The summed E-state index contributed by atoms with van der Waals surface area (Å²) in [7, 11) is 1.78. The fourth-order valence-electron chi connectivity index (χ4n) is 2.33. The molecule has 0 fully saturated rings. The molecular weight excluding hydrogens is 222 g/mol. The van der Waals surface area contributed by atoms with Gasteiger partial charge in [0.15, 0.2) is 0 Å². The van der Waals surface area contributed by atoms with Gasteiger partial charge < -0.3 is 10.1 Å². The number of ether oxygens (including phenoxy) is 1. The van der Waals surface area contributed by atoms with Crippen molar-refractivity contribution in [2.75, 3.05) is 20.3 Å². The maximum Gasteiger partial charge on any atom is 0.0471 e. The minimum atomic E-state index is 0.182. The lowest BCUT2D eigenvalue weighted by molar-refractivity contribution is 0.162. The van der Waals surface area contributed by atoms with Crippen molar-refractivity contribution < 1.29 is 4.74 Å². The van der Waals surface area contributed by atoms with Gasteiger partial charge in [-0.1, -0.05) is 51.1 Å². The molecule has 0 bridgehead atoms. The molecule has 0 spiro atoms. The summed E-state index contributed by atoms with van der Waals surface area (Å²) >= 11 is 0. The van der Waals surface area contributed by atoms with Gasteiger partial charge in [-0.05, 0) is 18.4 Å². The first kappa shape index (κ1) is 15.2. The van der Waals surface area contributed by atoms with Crippen molar-refractivity contribution >= 4 is 0 Å². The highest BCUT2D eigenvalue weighted by molar-refractivity contribution is 5.26. The Morgan fingerprint density at radius 2 is 1.89 bits per heavy atom. The van der Waals surface area contributed by atoms with Gasteiger partial charge >= 0.3 is 0 Å². The molecule has 1 rings (SSSR count). The van der Waals surface area contributed by atoms with Gasteiger partial charge in [0.25, 0.3) is 0 Å². The molecule has 1 aromatic rings. The van der Waals surface area contributed by atoms with Crippen LogP contribution in [0.4, 0.5) is 0 Å². The molecule has 0 saturated heterocycles. The predicted molar refractivity (Wildman–Crippen MR) is 78.0 cm³/mol. The lowest BCUT2D eigenvalue weighted by Crippen LogP contribution is -2.41. The average molecular weight is 249 g/mol. The summed E-state index contributed by atoms with van der Waals surface area (Å²) in [5, 5.41) is 3.59. The monoisotopic (exact) mass is 249 g/mol. The highest BCUT2D eigenvalue weighted by atomic mass is 16.5. The molecule has 0 aromatic heterocycles. The van der Waals surface area contributed by atoms with Gasteiger partial charge in [0.05, 0.1) is 0 Å². The molecule has 18 heavy (non-hydrogen) atoms. The molecule has 2 nitrogen and oxygen atoms in total. The van der Waals surface area contributed by atoms with E-state index in [4.69, 9.17) is 4.74 Å². The van der Waals surface area contributed by atoms with Crippen LogP contribution in [0.5, 0.6) is 0 Å². The van der Waals surface area contributed by atoms with Gasteiger partial charge in [-0.25, -0.2) is 0 Å². The fourth-order valence-corrected chi connectivity index (χ4v) is 2.33. The smallest absolute Gasteiger partial charge is 0.0471 e. The third-order valence-electron chi connectivity index (χ3n) is 3.70. The maximum atomic E-state index is 5.30. The second-order valence-corrected chi connectivity index (χ2v) is 5.28. The topological polar surface area (TPSA) is 21.3 Å². The molecule has 102 valence electrons. The summed E-state index contributed by atoms with van der Waals surface area (Å²) in [4.78, 5) is 0. The van der Waals surface area contributed by atoms with Gasteiger partial charge in [-0.2, -0.15) is 0 Å². The summed E-state index contributed by atoms with van der Waals surface area (Å²) in [5.74, 6) is 0. The molecule has 1 N–H and O–H groups in total. The highest BCUT2D eigenvalue weighted by Gasteiger charge is 2.29. The van der Waals surface area contributed by atoms with Crippen molar-refractivity contribution in [1.82, 2.24) is 5.32 Å². The first-order valence-corrected chi connectivity index (χ1v) is 6.92. The van der Waals surface area contributed by atoms with Gasteiger partial charge in [-0.3, -0.25) is 0 Å². The van der Waals surface area contributed by atoms with Gasteiger partial charge in [-0.15, -0.1) is 0 Å². The lowest BCUT2D eigenvalue weighted by atomic mass is 9.75. The third kappa shape index (κ3) is 4.11. The Morgan fingerprint density at radius 3 is 2.39 bits per heavy atom. The van der Waals surface area contributed by atoms with Crippen molar-refractivity contribution in [1.29, 1.82) is 0 Å². The van der Waals surface area contributed by atoms with Crippen molar-refractivity contribution in [3.63, 3.8) is 0 Å². The SMILES string of the molecule is CCC(CCOC)(CNC(C)C)c1ccccc1. The second kappa shape index (κ2) is 7.55. The Bertz CT molecular complexity index is 323. The molecule has 0 aliphatic carbocycles. The van der Waals surface area contributed by atoms with E-state index in [0.717, 1.165) is 26.0 Å². The van der Waals surface area contributed by atoms with E-state index in [1.54, 1.807) is 7.11 Å². The van der Waals surface area contributed by atoms with E-state index < -0.39 is 0 Å². The molecule has 0 radical (unpaired) electrons. The molecule has 0 amide bonds. The van der Waals surface area contributed by atoms with E-state index in [-0.39, 0.29) is 5.41 Å². The molecule has 0 aliphatic rings. The van der Waals surface area contributed by atoms with Crippen molar-refractivity contribution in [2.24, 2.45) is 0 Å². The highest BCUT2D eigenvalue weighted by Crippen LogP contribution is 2.31. The summed E-state index contributed by atoms with van der Waals surface area (Å²) in [6, 6.07) is 11.3. The van der Waals surface area contributed by atoms with Crippen LogP contribution in [0.1, 0.15) is 39.2 Å². The minimum absolute atomic E-state index is 0.182. The molecule has 0 aliphatic heterocycles. The number of benzene rings is 1. The first-order valence-electron chi connectivity index (χ1n) is 6.92. The van der Waals surface area contributed by atoms with Crippen LogP contribution in [0.3, 0.4) is 0 Å². The normalized spacial score (nSPS) is 14.7. The lowest BCUT2D eigenvalue weighted by Gasteiger charge is -2.34. The van der Waals surface area contributed by atoms with Gasteiger partial charge in [0.2, 0.25) is 0 Å². The largest absolute Gasteiger partial charge is 0.385 e. The van der Waals surface area contributed by atoms with Crippen LogP contribution < -0.4 is 5.32 Å². The predicted octanol–water partition coefficient (Wildman–Crippen LogP) is 3.37. The molecule has 1 atom stereocenters. The molecule has 0 heterocycles. The van der Waals surface area contributed by atoms with Crippen molar-refractivity contribution in [3.8, 4) is 0 Å². The van der Waals surface area contributed by atoms with E-state index in [2.05, 4.69) is 56.4 Å². The van der Waals surface area contributed by atoms with Crippen LogP contribution in [-0.4, -0.2) is 26.3 Å². The standard InChI is InChI=1S/C16H27NO/c1-5-16(11-12-18-4,13-17-14(2)3)15-9-7-6-8-10-15/h6-10,14,17H,5,11-13H2,1-4H3. The number of nitrogens with one attached hydrogen (secondary N) is 1. The molecule has 2 heteroatoms. The van der Waals surface area contributed by atoms with Crippen LogP contribution in [0.25, 0.3) is 0 Å². The van der Waals surface area contributed by atoms with Crippen LogP contribution in [-0.2, 0) is 10.2 Å². The van der Waals surface area contributed by atoms with E-state index in [9.17, 15) is 0 Å². The molecule has 1 unspecified atom stereocenters. The maximum absolute atomic E-state index is 5.30. The first-order chi connectivity index (χ1) is 8.64. The summed E-state index contributed by atoms with van der Waals surface area (Å²) in [5.41, 5.74) is 1.60. The second-order valence-electron chi connectivity index (χ2n) is 5.28. The van der Waals surface area contributed by atoms with E-state index in [1.807, 2.05) is 0 Å². The van der Waals surface area contributed by atoms with Crippen LogP contribution in [0.2, 0.25) is 0 Å². The number of hydrogen-bond donors (Lipinski definition) is 1. The Morgan fingerprint density at radius 1 is 1.22 bits per heavy atom. The van der Waals surface area contributed by atoms with E-state index >= 15 is 0 Å². The molecule has 0 saturated carbocycles. The third-order valence-corrected chi connectivity index (χ3v) is 3.70. The van der Waals surface area contributed by atoms with E-state index in [1.165, 1.54) is 5.56 Å². The summed E-state index contributed by atoms with van der Waals surface area (Å²) < 4.78 is 5.30. The van der Waals surface area contributed by atoms with Gasteiger partial charge in [0, 0.05) is 31.7 Å². The fraction of sp³-hybridized carbons (Fsp3) is 0.625. The molecule has 1 aromatic carbocycles. The Labute approximate surface area is 112 Å². The van der Waals surface area contributed by atoms with Crippen molar-refractivity contribution in [2.45, 2.75) is 45.1 Å². The Hall–Kier alpha value is -0.860. The van der Waals surface area contributed by atoms with Crippen LogP contribution in [0.15, 0.2) is 30.3 Å². The average Bonchev–Trinajstić information content (AvgIpc) is 2.40. The number of hydrogen-bond acceptors (Lipinski definition) is 2. The summed E-state index contributed by atoms with van der Waals surface area (Å²) in [6.45, 7) is 8.48. The van der Waals surface area contributed by atoms with Crippen LogP contribution >= 0.6 is 0 Å². The minimum Gasteiger partial charge on any atom is -0.385 e. The number of methoxy groups -OCH3 is 1. The van der Waals surface area contributed by atoms with E-state index in [0.29, 0.717) is 6.04 Å². The zero-order valence-electron chi connectivity index (χ0n) is 12.2. The number of rotatable bonds is 8. The van der Waals surface area contributed by atoms with Crippen molar-refractivity contribution in [3.05, 3.63) is 35.9 Å². The Balaban J connectivity index is 2.90. The zero-order chi connectivity index (χ0) is 13.4. The van der Waals surface area contributed by atoms with Crippen LogP contribution in [0, 0.1) is 0 Å². The van der Waals surface area contributed by atoms with Gasteiger partial charge in [0.1, 0.15) is 0 Å². The summed E-state index contributed by atoms with van der Waals surface area (Å²) in [6.07, 6.45) is 2.18. The quantitative estimate of drug-likeness (QED) is 0.762. The zero-order valence-corrected chi connectivity index (χ0v) is 12.2. The Kier molecular flexibility index (Phi) is 6.37. The molecular formula is C16H27NO.